The van der Waals surface area contributed by atoms with Crippen LogP contribution in [-0.4, -0.2) is 26.1 Å². The number of anilines is 1. The van der Waals surface area contributed by atoms with Crippen LogP contribution in [0.4, 0.5) is 5.69 Å². The van der Waals surface area contributed by atoms with Gasteiger partial charge < -0.3 is 10.1 Å². The van der Waals surface area contributed by atoms with Gasteiger partial charge in [0.05, 0.1) is 15.4 Å². The Balaban J connectivity index is 1.47. The van der Waals surface area contributed by atoms with E-state index < -0.39 is 33.6 Å². The largest absolute Gasteiger partial charge is 0.444 e. The molecule has 0 aliphatic carbocycles. The van der Waals surface area contributed by atoms with Gasteiger partial charge in [0.2, 0.25) is 15.9 Å². The number of benzene rings is 4. The average molecular weight is 526 g/mol. The molecule has 1 atom stereocenters. The van der Waals surface area contributed by atoms with Crippen LogP contribution in [0.3, 0.4) is 0 Å². The summed E-state index contributed by atoms with van der Waals surface area (Å²) in [7, 11) is -4.04. The number of fused-ring (bicyclic) bond motifs is 2. The van der Waals surface area contributed by atoms with Gasteiger partial charge in [-0.15, -0.1) is 0 Å². The summed E-state index contributed by atoms with van der Waals surface area (Å²) in [5.41, 5.74) is 2.88. The number of rotatable bonds is 5. The molecule has 1 aliphatic heterocycles. The van der Waals surface area contributed by atoms with E-state index in [0.717, 1.165) is 17.2 Å². The molecule has 1 aliphatic rings. The highest BCUT2D eigenvalue weighted by atomic mass is 32.2. The van der Waals surface area contributed by atoms with Crippen LogP contribution in [0, 0.1) is 13.8 Å². The Hall–Kier alpha value is -4.56. The predicted octanol–water partition coefficient (Wildman–Crippen LogP) is 5.22. The van der Waals surface area contributed by atoms with Crippen molar-refractivity contribution in [2.75, 3.05) is 5.32 Å². The topological polar surface area (TPSA) is 107 Å². The zero-order valence-corrected chi connectivity index (χ0v) is 21.4. The summed E-state index contributed by atoms with van der Waals surface area (Å²) >= 11 is 0. The molecule has 0 radical (unpaired) electrons. The molecule has 8 heteroatoms. The molecule has 0 saturated carbocycles. The van der Waals surface area contributed by atoms with Crippen LogP contribution in [0.5, 0.6) is 0 Å². The van der Waals surface area contributed by atoms with Crippen molar-refractivity contribution in [1.29, 1.82) is 0 Å². The van der Waals surface area contributed by atoms with E-state index in [1.165, 1.54) is 30.3 Å². The highest BCUT2D eigenvalue weighted by Gasteiger charge is 2.35. The molecule has 0 spiro atoms. The molecule has 0 aromatic heterocycles. The van der Waals surface area contributed by atoms with Crippen LogP contribution in [-0.2, 0) is 19.4 Å². The zero-order valence-electron chi connectivity index (χ0n) is 20.6. The van der Waals surface area contributed by atoms with Crippen molar-refractivity contribution < 1.29 is 27.5 Å². The van der Waals surface area contributed by atoms with Gasteiger partial charge in [-0.3, -0.25) is 9.59 Å². The SMILES string of the molecule is Cc1cc(C)cc(NC(=O)[C@@H](OC(=O)c2ccc3c(c2)S(=O)(=O)c2ccccc2C3=O)c2ccccc2)c1. The number of carbonyl (C=O) groups excluding carboxylic acids is 3. The fourth-order valence-electron chi connectivity index (χ4n) is 4.54. The maximum atomic E-state index is 13.3. The van der Waals surface area contributed by atoms with Gasteiger partial charge in [0.1, 0.15) is 0 Å². The van der Waals surface area contributed by atoms with Crippen LogP contribution < -0.4 is 5.32 Å². The quantitative estimate of drug-likeness (QED) is 0.316. The minimum atomic E-state index is -4.04. The number of carbonyl (C=O) groups is 3. The Kier molecular flexibility index (Phi) is 6.42. The second kappa shape index (κ2) is 9.72. The van der Waals surface area contributed by atoms with Crippen molar-refractivity contribution in [2.24, 2.45) is 0 Å². The number of ether oxygens (including phenoxy) is 1. The van der Waals surface area contributed by atoms with Crippen molar-refractivity contribution in [3.05, 3.63) is 124 Å². The Morgan fingerprint density at radius 2 is 1.39 bits per heavy atom. The number of amides is 1. The molecular formula is C30H23NO6S. The summed E-state index contributed by atoms with van der Waals surface area (Å²) in [5.74, 6) is -1.91. The Morgan fingerprint density at radius 3 is 2.11 bits per heavy atom. The maximum absolute atomic E-state index is 13.3. The third-order valence-corrected chi connectivity index (χ3v) is 8.08. The minimum Gasteiger partial charge on any atom is -0.444 e. The molecule has 7 nitrogen and oxygen atoms in total. The summed E-state index contributed by atoms with van der Waals surface area (Å²) in [4.78, 5) is 39.1. The molecule has 0 fully saturated rings. The molecule has 0 saturated heterocycles. The third kappa shape index (κ3) is 4.62. The average Bonchev–Trinajstić information content (AvgIpc) is 2.90. The van der Waals surface area contributed by atoms with Gasteiger partial charge in [0.25, 0.3) is 5.91 Å². The van der Waals surface area contributed by atoms with Gasteiger partial charge in [0, 0.05) is 22.4 Å². The Labute approximate surface area is 220 Å². The molecule has 0 unspecified atom stereocenters. The fourth-order valence-corrected chi connectivity index (χ4v) is 6.22. The highest BCUT2D eigenvalue weighted by Crippen LogP contribution is 2.35. The molecule has 4 aromatic rings. The summed E-state index contributed by atoms with van der Waals surface area (Å²) in [6.07, 6.45) is -1.31. The third-order valence-electron chi connectivity index (χ3n) is 6.23. The number of ketones is 1. The first kappa shape index (κ1) is 25.1. The number of hydrogen-bond donors (Lipinski definition) is 1. The lowest BCUT2D eigenvalue weighted by molar-refractivity contribution is -0.125. The van der Waals surface area contributed by atoms with Gasteiger partial charge in [-0.1, -0.05) is 48.5 Å². The van der Waals surface area contributed by atoms with Crippen molar-refractivity contribution >= 4 is 33.2 Å². The van der Waals surface area contributed by atoms with E-state index in [1.54, 1.807) is 48.5 Å². The molecular weight excluding hydrogens is 502 g/mol. The van der Waals surface area contributed by atoms with E-state index in [4.69, 9.17) is 4.74 Å². The van der Waals surface area contributed by atoms with E-state index in [9.17, 15) is 22.8 Å². The van der Waals surface area contributed by atoms with Crippen LogP contribution in [0.1, 0.15) is 49.1 Å². The smallest absolute Gasteiger partial charge is 0.339 e. The molecule has 0 bridgehead atoms. The van der Waals surface area contributed by atoms with E-state index in [0.29, 0.717) is 11.3 Å². The predicted molar refractivity (Wildman–Crippen MR) is 141 cm³/mol. The van der Waals surface area contributed by atoms with Crippen molar-refractivity contribution in [3.63, 3.8) is 0 Å². The van der Waals surface area contributed by atoms with Gasteiger partial charge in [-0.2, -0.15) is 0 Å². The van der Waals surface area contributed by atoms with Crippen LogP contribution in [0.15, 0.2) is 101 Å². The highest BCUT2D eigenvalue weighted by molar-refractivity contribution is 7.91. The lowest BCUT2D eigenvalue weighted by Crippen LogP contribution is -2.26. The first-order chi connectivity index (χ1) is 18.1. The van der Waals surface area contributed by atoms with E-state index in [1.807, 2.05) is 19.9 Å². The molecule has 5 rings (SSSR count). The zero-order chi connectivity index (χ0) is 27.0. The maximum Gasteiger partial charge on any atom is 0.339 e. The van der Waals surface area contributed by atoms with Crippen molar-refractivity contribution in [1.82, 2.24) is 0 Å². The van der Waals surface area contributed by atoms with Gasteiger partial charge in [-0.25, -0.2) is 13.2 Å². The summed E-state index contributed by atoms with van der Waals surface area (Å²) in [6.45, 7) is 3.81. The minimum absolute atomic E-state index is 0.0209. The van der Waals surface area contributed by atoms with Crippen LogP contribution in [0.25, 0.3) is 0 Å². The normalized spacial score (nSPS) is 14.1. The molecule has 1 amide bonds. The molecule has 4 aromatic carbocycles. The number of nitrogens with one attached hydrogen (secondary N) is 1. The van der Waals surface area contributed by atoms with Gasteiger partial charge in [0.15, 0.2) is 5.78 Å². The second-order valence-corrected chi connectivity index (χ2v) is 11.0. The van der Waals surface area contributed by atoms with Crippen LogP contribution >= 0.6 is 0 Å². The molecule has 38 heavy (non-hydrogen) atoms. The molecule has 1 N–H and O–H groups in total. The van der Waals surface area contributed by atoms with E-state index in [-0.39, 0.29) is 26.5 Å². The number of hydrogen-bond acceptors (Lipinski definition) is 6. The number of esters is 1. The van der Waals surface area contributed by atoms with Gasteiger partial charge >= 0.3 is 5.97 Å². The van der Waals surface area contributed by atoms with Crippen LogP contribution in [0.2, 0.25) is 0 Å². The lowest BCUT2D eigenvalue weighted by atomic mass is 10.0. The summed E-state index contributed by atoms with van der Waals surface area (Å²) < 4.78 is 32.2. The summed E-state index contributed by atoms with van der Waals surface area (Å²) in [5, 5.41) is 2.80. The first-order valence-corrected chi connectivity index (χ1v) is 13.3. The fraction of sp³-hybridized carbons (Fsp3) is 0.100. The lowest BCUT2D eigenvalue weighted by Gasteiger charge is -2.21. The Bertz CT molecular complexity index is 1690. The van der Waals surface area contributed by atoms with E-state index in [2.05, 4.69) is 5.32 Å². The van der Waals surface area contributed by atoms with Gasteiger partial charge in [-0.05, 0) is 67.4 Å². The number of aryl methyl sites for hydroxylation is 2. The number of sulfone groups is 1. The molecule has 1 heterocycles. The monoisotopic (exact) mass is 525 g/mol. The van der Waals surface area contributed by atoms with Crippen molar-refractivity contribution in [3.8, 4) is 0 Å². The summed E-state index contributed by atoms with van der Waals surface area (Å²) in [6, 6.07) is 23.8. The first-order valence-electron chi connectivity index (χ1n) is 11.8. The molecule has 190 valence electrons. The Morgan fingerprint density at radius 1 is 0.763 bits per heavy atom. The standard InChI is InChI=1S/C30H23NO6S/c1-18-14-19(2)16-22(15-18)31-29(33)28(20-8-4-3-5-9-20)37-30(34)21-12-13-24-26(17-21)38(35,36)25-11-7-6-10-23(25)27(24)32/h3-17,28H,1-2H3,(H,31,33)/t28-/m0/s1. The van der Waals surface area contributed by atoms with E-state index >= 15 is 0 Å². The van der Waals surface area contributed by atoms with Crippen molar-refractivity contribution in [2.45, 2.75) is 29.7 Å². The second-order valence-electron chi connectivity index (χ2n) is 9.10.